The van der Waals surface area contributed by atoms with E-state index in [1.54, 1.807) is 6.33 Å². The van der Waals surface area contributed by atoms with Gasteiger partial charge in [0.15, 0.2) is 0 Å². The summed E-state index contributed by atoms with van der Waals surface area (Å²) in [7, 11) is 0. The number of carboxylic acids is 1. The van der Waals surface area contributed by atoms with E-state index in [4.69, 9.17) is 0 Å². The minimum absolute atomic E-state index is 0.445. The summed E-state index contributed by atoms with van der Waals surface area (Å²) in [5, 5.41) is 9.27. The van der Waals surface area contributed by atoms with Gasteiger partial charge in [-0.15, -0.1) is 0 Å². The normalized spacial score (nSPS) is 23.1. The van der Waals surface area contributed by atoms with Crippen molar-refractivity contribution in [2.24, 2.45) is 0 Å². The molecule has 2 saturated heterocycles. The number of carboxylic acid groups (broad SMARTS) is 1. The Hall–Kier alpha value is -1.85. The number of rotatable bonds is 3. The topological polar surface area (TPSA) is 69.6 Å². The molecule has 2 aliphatic rings. The molecule has 0 saturated carbocycles. The third-order valence-electron chi connectivity index (χ3n) is 4.15. The summed E-state index contributed by atoms with van der Waals surface area (Å²) in [4.78, 5) is 24.0. The van der Waals surface area contributed by atoms with Crippen LogP contribution in [0.15, 0.2) is 12.4 Å². The van der Waals surface area contributed by atoms with Gasteiger partial charge in [-0.2, -0.15) is 0 Å². The minimum Gasteiger partial charge on any atom is -0.480 e. The van der Waals surface area contributed by atoms with Crippen molar-refractivity contribution in [3.63, 3.8) is 0 Å². The van der Waals surface area contributed by atoms with Crippen LogP contribution in [0.5, 0.6) is 0 Å². The van der Waals surface area contributed by atoms with E-state index in [1.165, 1.54) is 19.3 Å². The zero-order chi connectivity index (χ0) is 13.9. The number of anilines is 2. The Balaban J connectivity index is 1.81. The summed E-state index contributed by atoms with van der Waals surface area (Å²) in [5.74, 6) is 0.900. The molecule has 1 atom stereocenters. The molecular weight excluding hydrogens is 256 g/mol. The van der Waals surface area contributed by atoms with Gasteiger partial charge in [0.25, 0.3) is 0 Å². The lowest BCUT2D eigenvalue weighted by Gasteiger charge is -2.29. The van der Waals surface area contributed by atoms with Gasteiger partial charge in [0.05, 0.1) is 0 Å². The fraction of sp³-hybridized carbons (Fsp3) is 0.643. The molecule has 6 heteroatoms. The highest BCUT2D eigenvalue weighted by molar-refractivity contribution is 5.78. The molecule has 0 spiro atoms. The van der Waals surface area contributed by atoms with Crippen LogP contribution in [0.1, 0.15) is 32.1 Å². The van der Waals surface area contributed by atoms with E-state index in [2.05, 4.69) is 14.9 Å². The predicted molar refractivity (Wildman–Crippen MR) is 76.1 cm³/mol. The smallest absolute Gasteiger partial charge is 0.326 e. The highest BCUT2D eigenvalue weighted by Gasteiger charge is 2.31. The largest absolute Gasteiger partial charge is 0.480 e. The first-order chi connectivity index (χ1) is 9.75. The standard InChI is InChI=1S/C14H20N4O2/c19-14(20)11-5-4-8-18(11)13-9-12(15-10-16-13)17-6-2-1-3-7-17/h9-11H,1-8H2,(H,19,20)/t11-/m0/s1. The molecule has 1 aromatic rings. The molecule has 1 aromatic heterocycles. The SMILES string of the molecule is O=C(O)[C@@H]1CCCN1c1cc(N2CCCCC2)ncn1. The fourth-order valence-corrected chi connectivity index (χ4v) is 3.09. The van der Waals surface area contributed by atoms with Gasteiger partial charge in [-0.25, -0.2) is 14.8 Å². The Morgan fingerprint density at radius 2 is 1.85 bits per heavy atom. The maximum absolute atomic E-state index is 11.3. The van der Waals surface area contributed by atoms with Gasteiger partial charge in [0.1, 0.15) is 24.0 Å². The molecule has 3 heterocycles. The van der Waals surface area contributed by atoms with E-state index in [9.17, 15) is 9.90 Å². The molecule has 2 fully saturated rings. The molecule has 1 N–H and O–H groups in total. The Labute approximate surface area is 118 Å². The lowest BCUT2D eigenvalue weighted by atomic mass is 10.1. The van der Waals surface area contributed by atoms with E-state index < -0.39 is 12.0 Å². The average Bonchev–Trinajstić information content (AvgIpc) is 2.98. The number of carbonyl (C=O) groups is 1. The van der Waals surface area contributed by atoms with E-state index in [0.29, 0.717) is 6.42 Å². The number of hydrogen-bond donors (Lipinski definition) is 1. The van der Waals surface area contributed by atoms with E-state index in [-0.39, 0.29) is 0 Å². The molecule has 108 valence electrons. The van der Waals surface area contributed by atoms with Gasteiger partial charge in [-0.05, 0) is 32.1 Å². The molecule has 3 rings (SSSR count). The number of hydrogen-bond acceptors (Lipinski definition) is 5. The minimum atomic E-state index is -0.763. The lowest BCUT2D eigenvalue weighted by Crippen LogP contribution is -2.37. The Kier molecular flexibility index (Phi) is 3.71. The van der Waals surface area contributed by atoms with Gasteiger partial charge in [0, 0.05) is 25.7 Å². The summed E-state index contributed by atoms with van der Waals surface area (Å²) in [6.45, 7) is 2.81. The van der Waals surface area contributed by atoms with Crippen LogP contribution in [0.25, 0.3) is 0 Å². The zero-order valence-electron chi connectivity index (χ0n) is 11.5. The fourth-order valence-electron chi connectivity index (χ4n) is 3.09. The average molecular weight is 276 g/mol. The number of aromatic nitrogens is 2. The first-order valence-electron chi connectivity index (χ1n) is 7.32. The number of nitrogens with zero attached hydrogens (tertiary/aromatic N) is 4. The van der Waals surface area contributed by atoms with Crippen molar-refractivity contribution in [3.05, 3.63) is 12.4 Å². The first kappa shape index (κ1) is 13.1. The van der Waals surface area contributed by atoms with Crippen molar-refractivity contribution in [1.29, 1.82) is 0 Å². The molecule has 2 aliphatic heterocycles. The van der Waals surface area contributed by atoms with Crippen LogP contribution in [0.2, 0.25) is 0 Å². The number of aliphatic carboxylic acids is 1. The van der Waals surface area contributed by atoms with Crippen molar-refractivity contribution in [2.75, 3.05) is 29.4 Å². The molecule has 0 aromatic carbocycles. The third-order valence-corrected chi connectivity index (χ3v) is 4.15. The van der Waals surface area contributed by atoms with Crippen LogP contribution < -0.4 is 9.80 Å². The van der Waals surface area contributed by atoms with E-state index in [0.717, 1.165) is 37.7 Å². The second-order valence-corrected chi connectivity index (χ2v) is 5.47. The molecule has 0 amide bonds. The van der Waals surface area contributed by atoms with Gasteiger partial charge < -0.3 is 14.9 Å². The molecular formula is C14H20N4O2. The maximum atomic E-state index is 11.3. The van der Waals surface area contributed by atoms with Crippen molar-refractivity contribution in [1.82, 2.24) is 9.97 Å². The Morgan fingerprint density at radius 1 is 1.10 bits per heavy atom. The second-order valence-electron chi connectivity index (χ2n) is 5.47. The van der Waals surface area contributed by atoms with Crippen LogP contribution in [-0.4, -0.2) is 46.7 Å². The van der Waals surface area contributed by atoms with Crippen molar-refractivity contribution in [2.45, 2.75) is 38.1 Å². The van der Waals surface area contributed by atoms with Crippen molar-refractivity contribution in [3.8, 4) is 0 Å². The van der Waals surface area contributed by atoms with Crippen LogP contribution in [-0.2, 0) is 4.79 Å². The van der Waals surface area contributed by atoms with Crippen molar-refractivity contribution < 1.29 is 9.90 Å². The van der Waals surface area contributed by atoms with Gasteiger partial charge in [-0.3, -0.25) is 0 Å². The number of piperidine rings is 1. The highest BCUT2D eigenvalue weighted by Crippen LogP contribution is 2.27. The Bertz CT molecular complexity index is 488. The zero-order valence-corrected chi connectivity index (χ0v) is 11.5. The molecule has 6 nitrogen and oxygen atoms in total. The summed E-state index contributed by atoms with van der Waals surface area (Å²) in [5.41, 5.74) is 0. The summed E-state index contributed by atoms with van der Waals surface area (Å²) >= 11 is 0. The predicted octanol–water partition coefficient (Wildman–Crippen LogP) is 1.52. The quantitative estimate of drug-likeness (QED) is 0.902. The highest BCUT2D eigenvalue weighted by atomic mass is 16.4. The van der Waals surface area contributed by atoms with Crippen LogP contribution >= 0.6 is 0 Å². The summed E-state index contributed by atoms with van der Waals surface area (Å²) in [6, 6.07) is 1.49. The van der Waals surface area contributed by atoms with Crippen LogP contribution in [0.4, 0.5) is 11.6 Å². The molecule has 0 unspecified atom stereocenters. The van der Waals surface area contributed by atoms with Gasteiger partial charge >= 0.3 is 5.97 Å². The van der Waals surface area contributed by atoms with Crippen LogP contribution in [0, 0.1) is 0 Å². The second kappa shape index (κ2) is 5.64. The van der Waals surface area contributed by atoms with E-state index >= 15 is 0 Å². The molecule has 20 heavy (non-hydrogen) atoms. The van der Waals surface area contributed by atoms with Crippen molar-refractivity contribution >= 4 is 17.6 Å². The summed E-state index contributed by atoms with van der Waals surface area (Å²) < 4.78 is 0. The van der Waals surface area contributed by atoms with Crippen LogP contribution in [0.3, 0.4) is 0 Å². The monoisotopic (exact) mass is 276 g/mol. The summed E-state index contributed by atoms with van der Waals surface area (Å²) in [6.07, 6.45) is 6.82. The van der Waals surface area contributed by atoms with E-state index in [1.807, 2.05) is 11.0 Å². The maximum Gasteiger partial charge on any atom is 0.326 e. The van der Waals surface area contributed by atoms with Gasteiger partial charge in [-0.1, -0.05) is 0 Å². The lowest BCUT2D eigenvalue weighted by molar-refractivity contribution is -0.138. The Morgan fingerprint density at radius 3 is 2.60 bits per heavy atom. The molecule has 0 bridgehead atoms. The third kappa shape index (κ3) is 2.55. The molecule has 0 aliphatic carbocycles. The first-order valence-corrected chi connectivity index (χ1v) is 7.32. The molecule has 0 radical (unpaired) electrons. The van der Waals surface area contributed by atoms with Gasteiger partial charge in [0.2, 0.25) is 0 Å².